The van der Waals surface area contributed by atoms with Crippen molar-refractivity contribution in [1.82, 2.24) is 10.6 Å². The van der Waals surface area contributed by atoms with Gasteiger partial charge in [0.25, 0.3) is 0 Å². The monoisotopic (exact) mass is 332 g/mol. The van der Waals surface area contributed by atoms with E-state index in [-0.39, 0.29) is 17.7 Å². The highest BCUT2D eigenvalue weighted by molar-refractivity contribution is 5.82. The largest absolute Gasteiger partial charge is 0.484 e. The van der Waals surface area contributed by atoms with Gasteiger partial charge in [-0.25, -0.2) is 0 Å². The Morgan fingerprint density at radius 3 is 2.61 bits per heavy atom. The van der Waals surface area contributed by atoms with Gasteiger partial charge in [0.2, 0.25) is 5.91 Å². The van der Waals surface area contributed by atoms with Gasteiger partial charge in [0.15, 0.2) is 6.61 Å². The molecule has 1 saturated heterocycles. The van der Waals surface area contributed by atoms with Crippen molar-refractivity contribution >= 4 is 5.91 Å². The van der Waals surface area contributed by atoms with Crippen molar-refractivity contribution in [1.29, 1.82) is 0 Å². The molecule has 0 aliphatic carbocycles. The number of ether oxygens (including phenoxy) is 1. The third-order valence-electron chi connectivity index (χ3n) is 3.57. The fourth-order valence-corrected chi connectivity index (χ4v) is 2.33. The highest BCUT2D eigenvalue weighted by Crippen LogP contribution is 2.21. The molecule has 0 radical (unpaired) electrons. The van der Waals surface area contributed by atoms with Crippen LogP contribution in [0, 0.1) is 0 Å². The molecule has 3 atom stereocenters. The summed E-state index contributed by atoms with van der Waals surface area (Å²) in [5.74, 6) is -0.100. The summed E-state index contributed by atoms with van der Waals surface area (Å²) < 4.78 is 40.8. The topological polar surface area (TPSA) is 70.6 Å². The van der Waals surface area contributed by atoms with Crippen LogP contribution in [0.15, 0.2) is 24.3 Å². The predicted octanol–water partition coefficient (Wildman–Crippen LogP) is 1.53. The molecule has 5 nitrogen and oxygen atoms in total. The van der Waals surface area contributed by atoms with Crippen LogP contribution in [0.5, 0.6) is 5.75 Å². The smallest absolute Gasteiger partial charge is 0.422 e. The Balaban J connectivity index is 1.87. The van der Waals surface area contributed by atoms with Gasteiger partial charge in [-0.2, -0.15) is 13.2 Å². The van der Waals surface area contributed by atoms with Crippen LogP contribution in [-0.4, -0.2) is 42.5 Å². The quantitative estimate of drug-likeness (QED) is 0.765. The summed E-state index contributed by atoms with van der Waals surface area (Å²) in [5.41, 5.74) is 0.747. The zero-order chi connectivity index (χ0) is 17.0. The molecule has 8 heteroatoms. The van der Waals surface area contributed by atoms with Gasteiger partial charge >= 0.3 is 6.18 Å². The van der Waals surface area contributed by atoms with Crippen LogP contribution in [0.3, 0.4) is 0 Å². The van der Waals surface area contributed by atoms with Crippen molar-refractivity contribution in [3.05, 3.63) is 29.8 Å². The van der Waals surface area contributed by atoms with Gasteiger partial charge in [-0.05, 0) is 31.0 Å². The molecule has 0 bridgehead atoms. The number of nitrogens with one attached hydrogen (secondary N) is 2. The van der Waals surface area contributed by atoms with Gasteiger partial charge in [0.05, 0.1) is 18.2 Å². The lowest BCUT2D eigenvalue weighted by Gasteiger charge is -2.18. The Morgan fingerprint density at radius 1 is 1.43 bits per heavy atom. The number of halogens is 3. The summed E-state index contributed by atoms with van der Waals surface area (Å²) in [5, 5.41) is 15.1. The van der Waals surface area contributed by atoms with Crippen molar-refractivity contribution in [2.24, 2.45) is 0 Å². The number of benzene rings is 1. The average Bonchev–Trinajstić information content (AvgIpc) is 2.91. The summed E-state index contributed by atoms with van der Waals surface area (Å²) >= 11 is 0. The second-order valence-electron chi connectivity index (χ2n) is 5.55. The third kappa shape index (κ3) is 5.40. The van der Waals surface area contributed by atoms with E-state index < -0.39 is 24.9 Å². The maximum atomic E-state index is 12.1. The van der Waals surface area contributed by atoms with Crippen LogP contribution >= 0.6 is 0 Å². The lowest BCUT2D eigenvalue weighted by atomic mass is 10.1. The van der Waals surface area contributed by atoms with Gasteiger partial charge in [0, 0.05) is 6.54 Å². The highest BCUT2D eigenvalue weighted by atomic mass is 19.4. The molecule has 3 N–H and O–H groups in total. The second kappa shape index (κ2) is 7.18. The van der Waals surface area contributed by atoms with Crippen LogP contribution < -0.4 is 15.4 Å². The number of carbonyl (C=O) groups excluding carboxylic acids is 1. The zero-order valence-corrected chi connectivity index (χ0v) is 12.6. The van der Waals surface area contributed by atoms with Gasteiger partial charge in [0.1, 0.15) is 5.75 Å². The molecule has 1 aromatic rings. The predicted molar refractivity (Wildman–Crippen MR) is 77.0 cm³/mol. The molecule has 23 heavy (non-hydrogen) atoms. The van der Waals surface area contributed by atoms with E-state index in [1.807, 2.05) is 0 Å². The first-order chi connectivity index (χ1) is 10.7. The van der Waals surface area contributed by atoms with E-state index in [4.69, 9.17) is 0 Å². The van der Waals surface area contributed by atoms with E-state index in [9.17, 15) is 23.1 Å². The number of aliphatic hydroxyl groups is 1. The fourth-order valence-electron chi connectivity index (χ4n) is 2.33. The van der Waals surface area contributed by atoms with Gasteiger partial charge in [-0.1, -0.05) is 12.1 Å². The van der Waals surface area contributed by atoms with Crippen molar-refractivity contribution in [3.8, 4) is 5.75 Å². The number of alkyl halides is 3. The van der Waals surface area contributed by atoms with Crippen LogP contribution in [0.1, 0.15) is 24.9 Å². The molecule has 1 aromatic carbocycles. The molecular formula is C15H19F3N2O3. The summed E-state index contributed by atoms with van der Waals surface area (Å²) in [6, 6.07) is 5.34. The number of hydrogen-bond acceptors (Lipinski definition) is 4. The van der Waals surface area contributed by atoms with E-state index in [1.54, 1.807) is 19.1 Å². The standard InChI is InChI=1S/C15H19F3N2O3/c1-9(20-14(22)13-6-11(21)7-19-13)10-2-4-12(5-3-10)23-8-15(16,17)18/h2-5,9,11,13,19,21H,6-8H2,1H3,(H,20,22)/t9-,11-,13+/m0/s1. The van der Waals surface area contributed by atoms with Crippen LogP contribution in [0.4, 0.5) is 13.2 Å². The number of rotatable bonds is 5. The van der Waals surface area contributed by atoms with Gasteiger partial charge < -0.3 is 20.5 Å². The third-order valence-corrected chi connectivity index (χ3v) is 3.57. The van der Waals surface area contributed by atoms with Crippen molar-refractivity contribution in [3.63, 3.8) is 0 Å². The van der Waals surface area contributed by atoms with E-state index in [1.165, 1.54) is 12.1 Å². The molecule has 1 amide bonds. The Morgan fingerprint density at radius 2 is 2.09 bits per heavy atom. The minimum absolute atomic E-state index is 0.116. The molecule has 128 valence electrons. The first-order valence-corrected chi connectivity index (χ1v) is 7.26. The normalized spacial score (nSPS) is 22.7. The van der Waals surface area contributed by atoms with E-state index in [0.29, 0.717) is 13.0 Å². The number of β-amino-alcohol motifs (C(OH)–C–C–N with tert-alkyl or cyclic N) is 1. The first-order valence-electron chi connectivity index (χ1n) is 7.26. The minimum atomic E-state index is -4.38. The highest BCUT2D eigenvalue weighted by Gasteiger charge is 2.29. The summed E-state index contributed by atoms with van der Waals surface area (Å²) in [4.78, 5) is 12.0. The maximum absolute atomic E-state index is 12.1. The molecule has 1 fully saturated rings. The first kappa shape index (κ1) is 17.6. The molecule has 0 spiro atoms. The van der Waals surface area contributed by atoms with Crippen LogP contribution in [-0.2, 0) is 4.79 Å². The zero-order valence-electron chi connectivity index (χ0n) is 12.6. The second-order valence-corrected chi connectivity index (χ2v) is 5.55. The summed E-state index contributed by atoms with van der Waals surface area (Å²) in [7, 11) is 0. The Hall–Kier alpha value is -1.80. The molecular weight excluding hydrogens is 313 g/mol. The van der Waals surface area contributed by atoms with E-state index >= 15 is 0 Å². The van der Waals surface area contributed by atoms with Gasteiger partial charge in [-0.3, -0.25) is 4.79 Å². The Labute approximate surface area is 131 Å². The number of hydrogen-bond donors (Lipinski definition) is 3. The molecule has 0 unspecified atom stereocenters. The van der Waals surface area contributed by atoms with Gasteiger partial charge in [-0.15, -0.1) is 0 Å². The van der Waals surface area contributed by atoms with Crippen molar-refractivity contribution in [2.45, 2.75) is 37.7 Å². The molecule has 0 saturated carbocycles. The van der Waals surface area contributed by atoms with E-state index in [2.05, 4.69) is 15.4 Å². The number of carbonyl (C=O) groups is 1. The van der Waals surface area contributed by atoms with Crippen LogP contribution in [0.2, 0.25) is 0 Å². The Kier molecular flexibility index (Phi) is 5.48. The molecule has 2 rings (SSSR count). The minimum Gasteiger partial charge on any atom is -0.484 e. The summed E-state index contributed by atoms with van der Waals surface area (Å²) in [6.45, 7) is 0.820. The lowest BCUT2D eigenvalue weighted by Crippen LogP contribution is -2.41. The molecule has 0 aromatic heterocycles. The molecule has 1 aliphatic rings. The SMILES string of the molecule is C[C@H](NC(=O)[C@H]1C[C@H](O)CN1)c1ccc(OCC(F)(F)F)cc1. The molecule has 1 aliphatic heterocycles. The van der Waals surface area contributed by atoms with Crippen LogP contribution in [0.25, 0.3) is 0 Å². The maximum Gasteiger partial charge on any atom is 0.422 e. The number of aliphatic hydroxyl groups excluding tert-OH is 1. The van der Waals surface area contributed by atoms with Crippen molar-refractivity contribution < 1.29 is 27.8 Å². The van der Waals surface area contributed by atoms with E-state index in [0.717, 1.165) is 5.56 Å². The van der Waals surface area contributed by atoms with Crippen molar-refractivity contribution in [2.75, 3.05) is 13.2 Å². The molecule has 1 heterocycles. The number of amides is 1. The average molecular weight is 332 g/mol. The fraction of sp³-hybridized carbons (Fsp3) is 0.533. The lowest BCUT2D eigenvalue weighted by molar-refractivity contribution is -0.153. The Bertz CT molecular complexity index is 534. The summed E-state index contributed by atoms with van der Waals surface area (Å²) in [6.07, 6.45) is -4.53.